The van der Waals surface area contributed by atoms with Crippen molar-refractivity contribution in [1.82, 2.24) is 19.7 Å². The average Bonchev–Trinajstić information content (AvgIpc) is 3.43. The zero-order valence-electron chi connectivity index (χ0n) is 17.7. The van der Waals surface area contributed by atoms with E-state index in [1.807, 2.05) is 37.4 Å². The van der Waals surface area contributed by atoms with Gasteiger partial charge < -0.3 is 5.32 Å². The van der Waals surface area contributed by atoms with Crippen molar-refractivity contribution in [3.05, 3.63) is 84.4 Å². The Balaban J connectivity index is 1.53. The van der Waals surface area contributed by atoms with Gasteiger partial charge in [-0.3, -0.25) is 19.4 Å². The van der Waals surface area contributed by atoms with Gasteiger partial charge in [0, 0.05) is 44.3 Å². The molecule has 33 heavy (non-hydrogen) atoms. The van der Waals surface area contributed by atoms with Crippen LogP contribution in [0.25, 0.3) is 31.9 Å². The lowest BCUT2D eigenvalue weighted by Crippen LogP contribution is -2.20. The van der Waals surface area contributed by atoms with Crippen molar-refractivity contribution in [1.29, 1.82) is 5.26 Å². The quantitative estimate of drug-likeness (QED) is 0.405. The van der Waals surface area contributed by atoms with Crippen molar-refractivity contribution in [2.24, 2.45) is 0 Å². The first-order valence-electron chi connectivity index (χ1n) is 10.2. The van der Waals surface area contributed by atoms with E-state index < -0.39 is 0 Å². The highest BCUT2D eigenvalue weighted by Gasteiger charge is 2.19. The maximum Gasteiger partial charge on any atom is 0.246 e. The van der Waals surface area contributed by atoms with Gasteiger partial charge in [-0.1, -0.05) is 12.1 Å². The van der Waals surface area contributed by atoms with Crippen LogP contribution in [0.3, 0.4) is 0 Å². The van der Waals surface area contributed by atoms with Crippen molar-refractivity contribution in [2.75, 3.05) is 5.32 Å². The molecule has 1 amide bonds. The third kappa shape index (κ3) is 4.22. The van der Waals surface area contributed by atoms with Crippen LogP contribution < -0.4 is 5.32 Å². The van der Waals surface area contributed by atoms with Crippen LogP contribution in [0.15, 0.2) is 73.2 Å². The molecule has 0 unspecified atom stereocenters. The van der Waals surface area contributed by atoms with Gasteiger partial charge in [0.15, 0.2) is 0 Å². The van der Waals surface area contributed by atoms with Crippen LogP contribution >= 0.6 is 11.3 Å². The normalized spacial score (nSPS) is 10.8. The zero-order chi connectivity index (χ0) is 22.8. The summed E-state index contributed by atoms with van der Waals surface area (Å²) in [6, 6.07) is 18.8. The number of amides is 1. The Labute approximate surface area is 194 Å². The molecule has 0 radical (unpaired) electrons. The van der Waals surface area contributed by atoms with Crippen LogP contribution in [0.2, 0.25) is 0 Å². The number of aryl methyl sites for hydroxylation is 1. The van der Waals surface area contributed by atoms with Gasteiger partial charge >= 0.3 is 0 Å². The number of aromatic nitrogens is 4. The molecule has 0 saturated heterocycles. The topological polar surface area (TPSA) is 96.5 Å². The smallest absolute Gasteiger partial charge is 0.246 e. The molecule has 0 spiro atoms. The molecule has 8 heteroatoms. The van der Waals surface area contributed by atoms with E-state index in [9.17, 15) is 4.79 Å². The summed E-state index contributed by atoms with van der Waals surface area (Å²) in [4.78, 5) is 22.8. The SMILES string of the molecule is Cc1cccc(-c2c(-c3cc4cnccc4s3)cnn2CC(=O)Nc2cccc(C#N)c2)n1. The molecule has 7 nitrogen and oxygen atoms in total. The standard InChI is InChI=1S/C25H18N6OS/c1-16-4-2-7-21(29-16)25-20(23-11-18-13-27-9-8-22(18)33-23)14-28-31(25)15-24(32)30-19-6-3-5-17(10-19)12-26/h2-11,13-14H,15H2,1H3,(H,30,32). The van der Waals surface area contributed by atoms with Crippen molar-refractivity contribution in [3.8, 4) is 27.9 Å². The Morgan fingerprint density at radius 2 is 2.03 bits per heavy atom. The molecule has 4 heterocycles. The van der Waals surface area contributed by atoms with E-state index in [0.717, 1.165) is 37.6 Å². The number of nitrogens with one attached hydrogen (secondary N) is 1. The van der Waals surface area contributed by atoms with Gasteiger partial charge in [-0.25, -0.2) is 0 Å². The molecule has 0 atom stereocenters. The molecular formula is C25H18N6OS. The van der Waals surface area contributed by atoms with E-state index in [1.54, 1.807) is 52.7 Å². The lowest BCUT2D eigenvalue weighted by atomic mass is 10.1. The highest BCUT2D eigenvalue weighted by Crippen LogP contribution is 2.38. The summed E-state index contributed by atoms with van der Waals surface area (Å²) in [7, 11) is 0. The third-order valence-electron chi connectivity index (χ3n) is 5.12. The first-order chi connectivity index (χ1) is 16.1. The van der Waals surface area contributed by atoms with E-state index in [4.69, 9.17) is 10.2 Å². The summed E-state index contributed by atoms with van der Waals surface area (Å²) in [5, 5.41) is 17.5. The number of fused-ring (bicyclic) bond motifs is 1. The third-order valence-corrected chi connectivity index (χ3v) is 6.27. The van der Waals surface area contributed by atoms with E-state index in [0.29, 0.717) is 11.3 Å². The molecule has 5 aromatic rings. The predicted molar refractivity (Wildman–Crippen MR) is 129 cm³/mol. The van der Waals surface area contributed by atoms with Crippen LogP contribution in [0, 0.1) is 18.3 Å². The van der Waals surface area contributed by atoms with Crippen molar-refractivity contribution >= 4 is 33.0 Å². The number of rotatable bonds is 5. The molecule has 1 aromatic carbocycles. The summed E-state index contributed by atoms with van der Waals surface area (Å²) in [5.41, 5.74) is 4.37. The van der Waals surface area contributed by atoms with E-state index in [2.05, 4.69) is 27.5 Å². The van der Waals surface area contributed by atoms with Crippen LogP contribution in [-0.2, 0) is 11.3 Å². The summed E-state index contributed by atoms with van der Waals surface area (Å²) in [6.45, 7) is 1.94. The first-order valence-corrected chi connectivity index (χ1v) is 11.1. The highest BCUT2D eigenvalue weighted by atomic mass is 32.1. The van der Waals surface area contributed by atoms with Crippen LogP contribution in [-0.4, -0.2) is 25.7 Å². The number of hydrogen-bond donors (Lipinski definition) is 1. The minimum absolute atomic E-state index is 0.00812. The summed E-state index contributed by atoms with van der Waals surface area (Å²) in [6.07, 6.45) is 5.40. The fraction of sp³-hybridized carbons (Fsp3) is 0.0800. The number of thiophene rings is 1. The molecule has 0 bridgehead atoms. The maximum absolute atomic E-state index is 12.8. The van der Waals surface area contributed by atoms with Gasteiger partial charge in [0.05, 0.1) is 29.2 Å². The second-order valence-corrected chi connectivity index (χ2v) is 8.58. The van der Waals surface area contributed by atoms with Gasteiger partial charge in [0.1, 0.15) is 6.54 Å². The second kappa shape index (κ2) is 8.65. The van der Waals surface area contributed by atoms with Gasteiger partial charge in [0.2, 0.25) is 5.91 Å². The number of anilines is 1. The summed E-state index contributed by atoms with van der Waals surface area (Å²) >= 11 is 1.65. The second-order valence-electron chi connectivity index (χ2n) is 7.49. The van der Waals surface area contributed by atoms with E-state index >= 15 is 0 Å². The molecule has 0 aliphatic carbocycles. The van der Waals surface area contributed by atoms with Gasteiger partial charge in [-0.05, 0) is 49.4 Å². The van der Waals surface area contributed by atoms with Crippen molar-refractivity contribution < 1.29 is 4.79 Å². The summed E-state index contributed by atoms with van der Waals surface area (Å²) < 4.78 is 2.80. The lowest BCUT2D eigenvalue weighted by Gasteiger charge is -2.10. The number of hydrogen-bond acceptors (Lipinski definition) is 6. The first kappa shape index (κ1) is 20.5. The highest BCUT2D eigenvalue weighted by molar-refractivity contribution is 7.22. The molecule has 4 aromatic heterocycles. The van der Waals surface area contributed by atoms with Gasteiger partial charge in [0.25, 0.3) is 0 Å². The molecule has 0 aliphatic rings. The number of nitriles is 1. The lowest BCUT2D eigenvalue weighted by molar-refractivity contribution is -0.116. The largest absolute Gasteiger partial charge is 0.324 e. The fourth-order valence-corrected chi connectivity index (χ4v) is 4.69. The Hall–Kier alpha value is -4.35. The van der Waals surface area contributed by atoms with Crippen LogP contribution in [0.5, 0.6) is 0 Å². The van der Waals surface area contributed by atoms with Crippen LogP contribution in [0.4, 0.5) is 5.69 Å². The number of benzene rings is 1. The molecule has 5 rings (SSSR count). The minimum Gasteiger partial charge on any atom is -0.324 e. The molecule has 1 N–H and O–H groups in total. The Morgan fingerprint density at radius 3 is 2.85 bits per heavy atom. The molecule has 160 valence electrons. The van der Waals surface area contributed by atoms with Crippen molar-refractivity contribution in [2.45, 2.75) is 13.5 Å². The molecule has 0 fully saturated rings. The number of carbonyl (C=O) groups excluding carboxylic acids is 1. The van der Waals surface area contributed by atoms with E-state index in [-0.39, 0.29) is 12.5 Å². The Morgan fingerprint density at radius 1 is 1.15 bits per heavy atom. The van der Waals surface area contributed by atoms with E-state index in [1.165, 1.54) is 0 Å². The minimum atomic E-state index is -0.241. The monoisotopic (exact) mass is 450 g/mol. The van der Waals surface area contributed by atoms with Gasteiger partial charge in [-0.2, -0.15) is 10.4 Å². The number of nitrogens with zero attached hydrogens (tertiary/aromatic N) is 5. The zero-order valence-corrected chi connectivity index (χ0v) is 18.5. The molecule has 0 aliphatic heterocycles. The average molecular weight is 451 g/mol. The Kier molecular flexibility index (Phi) is 5.39. The molecular weight excluding hydrogens is 432 g/mol. The number of pyridine rings is 2. The Bertz CT molecular complexity index is 1490. The van der Waals surface area contributed by atoms with Gasteiger partial charge in [-0.15, -0.1) is 11.3 Å². The molecule has 0 saturated carbocycles. The van der Waals surface area contributed by atoms with Crippen molar-refractivity contribution in [3.63, 3.8) is 0 Å². The fourth-order valence-electron chi connectivity index (χ4n) is 3.65. The van der Waals surface area contributed by atoms with Crippen LogP contribution in [0.1, 0.15) is 11.3 Å². The maximum atomic E-state index is 12.8. The predicted octanol–water partition coefficient (Wildman–Crippen LogP) is 5.04. The summed E-state index contributed by atoms with van der Waals surface area (Å²) in [5.74, 6) is -0.241. The number of carbonyl (C=O) groups is 1.